The zero-order valence-electron chi connectivity index (χ0n) is 22.1. The number of rotatable bonds is 2. The van der Waals surface area contributed by atoms with Crippen molar-refractivity contribution in [3.8, 4) is 22.3 Å². The van der Waals surface area contributed by atoms with Gasteiger partial charge in [0.2, 0.25) is 0 Å². The summed E-state index contributed by atoms with van der Waals surface area (Å²) in [5.74, 6) is 0. The van der Waals surface area contributed by atoms with E-state index in [9.17, 15) is 0 Å². The fraction of sp³-hybridized carbons (Fsp3) is 0. The maximum Gasteiger partial charge on any atom is 0.0780 e. The minimum atomic E-state index is 1.06. The summed E-state index contributed by atoms with van der Waals surface area (Å²) in [6.07, 6.45) is 1.89. The molecule has 2 aromatic heterocycles. The van der Waals surface area contributed by atoms with E-state index in [1.165, 1.54) is 80.1 Å². The van der Waals surface area contributed by atoms with Crippen LogP contribution >= 0.6 is 11.3 Å². The van der Waals surface area contributed by atoms with Crippen molar-refractivity contribution in [3.05, 3.63) is 140 Å². The van der Waals surface area contributed by atoms with Crippen molar-refractivity contribution in [3.63, 3.8) is 0 Å². The van der Waals surface area contributed by atoms with E-state index < -0.39 is 0 Å². The number of thiophene rings is 1. The van der Waals surface area contributed by atoms with Crippen molar-refractivity contribution in [1.29, 1.82) is 0 Å². The van der Waals surface area contributed by atoms with Crippen LogP contribution in [0.1, 0.15) is 0 Å². The molecule has 1 nitrogen and oxygen atoms in total. The van der Waals surface area contributed by atoms with Crippen molar-refractivity contribution in [1.82, 2.24) is 4.98 Å². The number of hydrogen-bond donors (Lipinski definition) is 0. The van der Waals surface area contributed by atoms with Crippen LogP contribution in [0, 0.1) is 0 Å². The summed E-state index contributed by atoms with van der Waals surface area (Å²) in [4.78, 5) is 4.73. The van der Waals surface area contributed by atoms with E-state index in [0.29, 0.717) is 0 Å². The summed E-state index contributed by atoms with van der Waals surface area (Å²) < 4.78 is 2.66. The number of aromatic nitrogens is 1. The quantitative estimate of drug-likeness (QED) is 0.200. The average Bonchev–Trinajstić information content (AvgIpc) is 3.43. The van der Waals surface area contributed by atoms with Crippen LogP contribution in [0.3, 0.4) is 0 Å². The largest absolute Gasteiger partial charge is 0.256 e. The van der Waals surface area contributed by atoms with Crippen molar-refractivity contribution in [2.45, 2.75) is 0 Å². The lowest BCUT2D eigenvalue weighted by Crippen LogP contribution is -1.84. The van der Waals surface area contributed by atoms with E-state index in [1.807, 2.05) is 23.6 Å². The molecule has 0 atom stereocenters. The summed E-state index contributed by atoms with van der Waals surface area (Å²) in [7, 11) is 0. The Balaban J connectivity index is 1.27. The Morgan fingerprint density at radius 2 is 0.927 bits per heavy atom. The topological polar surface area (TPSA) is 12.9 Å². The lowest BCUT2D eigenvalue weighted by molar-refractivity contribution is 1.43. The van der Waals surface area contributed by atoms with Crippen LogP contribution in [-0.4, -0.2) is 4.98 Å². The minimum Gasteiger partial charge on any atom is -0.256 e. The smallest absolute Gasteiger partial charge is 0.0780 e. The molecule has 0 unspecified atom stereocenters. The van der Waals surface area contributed by atoms with Crippen LogP contribution in [0.2, 0.25) is 0 Å². The molecule has 0 radical (unpaired) electrons. The van der Waals surface area contributed by atoms with E-state index in [2.05, 4.69) is 127 Å². The first-order valence-electron chi connectivity index (χ1n) is 14.0. The van der Waals surface area contributed by atoms with Gasteiger partial charge in [-0.1, -0.05) is 115 Å². The highest BCUT2D eigenvalue weighted by atomic mass is 32.1. The highest BCUT2D eigenvalue weighted by Gasteiger charge is 2.15. The molecule has 0 spiro atoms. The van der Waals surface area contributed by atoms with Crippen LogP contribution < -0.4 is 0 Å². The van der Waals surface area contributed by atoms with Gasteiger partial charge in [-0.05, 0) is 67.4 Å². The van der Waals surface area contributed by atoms with Gasteiger partial charge in [0.15, 0.2) is 0 Å². The summed E-state index contributed by atoms with van der Waals surface area (Å²) in [6, 6.07) is 48.8. The first-order valence-corrected chi connectivity index (χ1v) is 14.8. The summed E-state index contributed by atoms with van der Waals surface area (Å²) in [6.45, 7) is 0. The first-order chi connectivity index (χ1) is 20.3. The minimum absolute atomic E-state index is 1.06. The fourth-order valence-electron chi connectivity index (χ4n) is 6.48. The molecule has 190 valence electrons. The van der Waals surface area contributed by atoms with Gasteiger partial charge >= 0.3 is 0 Å². The summed E-state index contributed by atoms with van der Waals surface area (Å²) in [5, 5.41) is 11.4. The van der Waals surface area contributed by atoms with Crippen molar-refractivity contribution >= 4 is 74.7 Å². The second-order valence-corrected chi connectivity index (χ2v) is 11.8. The van der Waals surface area contributed by atoms with Gasteiger partial charge in [0.05, 0.1) is 5.52 Å². The molecule has 0 amide bonds. The van der Waals surface area contributed by atoms with Gasteiger partial charge in [-0.2, -0.15) is 0 Å². The van der Waals surface area contributed by atoms with Gasteiger partial charge in [0, 0.05) is 37.1 Å². The molecule has 0 fully saturated rings. The second kappa shape index (κ2) is 8.72. The predicted molar refractivity (Wildman–Crippen MR) is 178 cm³/mol. The SMILES string of the molecule is c1ccc2c(c1)ccc1ccc(-c3cccc4c3sc3c(-c5ccc6ccc7cccnc7c6c5)cccc34)cc12. The molecule has 0 aliphatic rings. The van der Waals surface area contributed by atoms with Crippen LogP contribution in [-0.2, 0) is 0 Å². The molecular formula is C39H23NS. The Bertz CT molecular complexity index is 2310. The van der Waals surface area contributed by atoms with Crippen LogP contribution in [0.15, 0.2) is 140 Å². The Morgan fingerprint density at radius 3 is 1.66 bits per heavy atom. The molecule has 41 heavy (non-hydrogen) atoms. The Labute approximate surface area is 240 Å². The fourth-order valence-corrected chi connectivity index (χ4v) is 7.85. The third kappa shape index (κ3) is 3.45. The zero-order chi connectivity index (χ0) is 26.9. The number of pyridine rings is 1. The molecule has 0 saturated carbocycles. The van der Waals surface area contributed by atoms with E-state index in [4.69, 9.17) is 4.98 Å². The van der Waals surface area contributed by atoms with E-state index in [1.54, 1.807) is 0 Å². The monoisotopic (exact) mass is 537 g/mol. The van der Waals surface area contributed by atoms with E-state index in [-0.39, 0.29) is 0 Å². The molecule has 9 aromatic rings. The van der Waals surface area contributed by atoms with E-state index in [0.717, 1.165) is 5.52 Å². The standard InChI is InChI=1S/C39H23NS/c1-2-8-30-24(6-1)13-14-25-16-19-28(22-35(25)30)31-9-3-11-33-34-12-4-10-32(39(34)41-38(31)33)29-20-17-26-15-18-27-7-5-21-40-37(27)36(26)23-29/h1-23H. The van der Waals surface area contributed by atoms with Crippen molar-refractivity contribution in [2.24, 2.45) is 0 Å². The number of fused-ring (bicyclic) bond motifs is 9. The molecule has 2 heteroatoms. The predicted octanol–water partition coefficient (Wildman–Crippen LogP) is 11.4. The van der Waals surface area contributed by atoms with Crippen LogP contribution in [0.4, 0.5) is 0 Å². The number of hydrogen-bond acceptors (Lipinski definition) is 2. The lowest BCUT2D eigenvalue weighted by Gasteiger charge is -2.08. The molecular weight excluding hydrogens is 515 g/mol. The molecule has 0 aliphatic heterocycles. The van der Waals surface area contributed by atoms with Gasteiger partial charge in [-0.3, -0.25) is 4.98 Å². The second-order valence-electron chi connectivity index (χ2n) is 10.8. The van der Waals surface area contributed by atoms with Gasteiger partial charge in [0.25, 0.3) is 0 Å². The molecule has 2 heterocycles. The first kappa shape index (κ1) is 22.7. The average molecular weight is 538 g/mol. The molecule has 0 saturated heterocycles. The van der Waals surface area contributed by atoms with Gasteiger partial charge in [0.1, 0.15) is 0 Å². The van der Waals surface area contributed by atoms with Gasteiger partial charge in [-0.25, -0.2) is 0 Å². The number of nitrogens with zero attached hydrogens (tertiary/aromatic N) is 1. The Hall–Kier alpha value is -5.05. The van der Waals surface area contributed by atoms with E-state index >= 15 is 0 Å². The maximum atomic E-state index is 4.73. The Kier molecular flexibility index (Phi) is 4.84. The molecule has 9 rings (SSSR count). The summed E-state index contributed by atoms with van der Waals surface area (Å²) >= 11 is 1.91. The lowest BCUT2D eigenvalue weighted by atomic mass is 9.96. The zero-order valence-corrected chi connectivity index (χ0v) is 23.0. The highest BCUT2D eigenvalue weighted by molar-refractivity contribution is 7.26. The molecule has 0 bridgehead atoms. The molecule has 0 aliphatic carbocycles. The summed E-state index contributed by atoms with van der Waals surface area (Å²) in [5.41, 5.74) is 6.11. The molecule has 0 N–H and O–H groups in total. The van der Waals surface area contributed by atoms with Crippen LogP contribution in [0.25, 0.3) is 85.6 Å². The highest BCUT2D eigenvalue weighted by Crippen LogP contribution is 2.44. The maximum absolute atomic E-state index is 4.73. The van der Waals surface area contributed by atoms with Gasteiger partial charge in [-0.15, -0.1) is 11.3 Å². The third-order valence-electron chi connectivity index (χ3n) is 8.48. The molecule has 7 aromatic carbocycles. The number of benzene rings is 7. The van der Waals surface area contributed by atoms with Gasteiger partial charge < -0.3 is 0 Å². The Morgan fingerprint density at radius 1 is 0.390 bits per heavy atom. The normalized spacial score (nSPS) is 11.9. The van der Waals surface area contributed by atoms with Crippen molar-refractivity contribution < 1.29 is 0 Å². The van der Waals surface area contributed by atoms with Crippen molar-refractivity contribution in [2.75, 3.05) is 0 Å². The van der Waals surface area contributed by atoms with Crippen LogP contribution in [0.5, 0.6) is 0 Å². The third-order valence-corrected chi connectivity index (χ3v) is 9.77.